The van der Waals surface area contributed by atoms with Gasteiger partial charge in [-0.25, -0.2) is 9.71 Å². The van der Waals surface area contributed by atoms with E-state index in [-0.39, 0.29) is 0 Å². The normalized spacial score (nSPS) is 15.6. The van der Waals surface area contributed by atoms with Gasteiger partial charge in [-0.05, 0) is 24.1 Å². The molecule has 0 fully saturated rings. The van der Waals surface area contributed by atoms with E-state index in [1.54, 1.807) is 18.1 Å². The Morgan fingerprint density at radius 2 is 2.60 bits per heavy atom. The van der Waals surface area contributed by atoms with Crippen molar-refractivity contribution < 1.29 is 0 Å². The van der Waals surface area contributed by atoms with E-state index < -0.39 is 0 Å². The van der Waals surface area contributed by atoms with E-state index in [9.17, 15) is 0 Å². The van der Waals surface area contributed by atoms with Crippen molar-refractivity contribution in [3.05, 3.63) is 18.3 Å². The van der Waals surface area contributed by atoms with Gasteiger partial charge in [-0.1, -0.05) is 0 Å². The summed E-state index contributed by atoms with van der Waals surface area (Å²) in [6, 6.07) is 3.95. The molecule has 2 N–H and O–H groups in total. The van der Waals surface area contributed by atoms with Crippen molar-refractivity contribution in [3.8, 4) is 0 Å². The highest BCUT2D eigenvalue weighted by Crippen LogP contribution is 2.24. The molecule has 0 radical (unpaired) electrons. The molecule has 0 aliphatic carbocycles. The fraction of sp³-hybridized carbons (Fsp3) is 0.167. The molecule has 0 saturated carbocycles. The van der Waals surface area contributed by atoms with E-state index in [0.29, 0.717) is 0 Å². The number of hydrogen-bond acceptors (Lipinski definition) is 4. The van der Waals surface area contributed by atoms with Gasteiger partial charge >= 0.3 is 0 Å². The second-order valence-corrected chi connectivity index (χ2v) is 2.84. The molecule has 1 aliphatic heterocycles. The lowest BCUT2D eigenvalue weighted by Gasteiger charge is -2.15. The fourth-order valence-corrected chi connectivity index (χ4v) is 1.49. The van der Waals surface area contributed by atoms with Crippen molar-refractivity contribution in [3.63, 3.8) is 0 Å². The Bertz CT molecular complexity index is 213. The minimum atomic E-state index is 0.809. The van der Waals surface area contributed by atoms with Crippen LogP contribution in [-0.2, 0) is 0 Å². The molecule has 10 heavy (non-hydrogen) atoms. The Balaban J connectivity index is 2.41. The smallest absolute Gasteiger partial charge is 0.134 e. The van der Waals surface area contributed by atoms with Crippen LogP contribution in [0.4, 0.5) is 5.69 Å². The predicted molar refractivity (Wildman–Crippen MR) is 41.7 cm³/mol. The molecule has 3 nitrogen and oxygen atoms in total. The molecule has 0 atom stereocenters. The summed E-state index contributed by atoms with van der Waals surface area (Å²) in [7, 11) is 0. The summed E-state index contributed by atoms with van der Waals surface area (Å²) in [5.74, 6) is 0. The van der Waals surface area contributed by atoms with E-state index in [1.807, 2.05) is 12.1 Å². The van der Waals surface area contributed by atoms with Gasteiger partial charge in [0.05, 0.1) is 12.4 Å². The molecular formula is C6H7N3S. The quantitative estimate of drug-likeness (QED) is 0.546. The Hall–Kier alpha value is -0.740. The molecule has 2 rings (SSSR count). The van der Waals surface area contributed by atoms with E-state index in [4.69, 9.17) is 0 Å². The van der Waals surface area contributed by atoms with Gasteiger partial charge in [0.25, 0.3) is 0 Å². The zero-order valence-corrected chi connectivity index (χ0v) is 6.11. The number of rotatable bonds is 0. The zero-order valence-electron chi connectivity index (χ0n) is 5.29. The van der Waals surface area contributed by atoms with Crippen molar-refractivity contribution in [1.82, 2.24) is 9.71 Å². The van der Waals surface area contributed by atoms with Gasteiger partial charge in [0, 0.05) is 6.20 Å². The van der Waals surface area contributed by atoms with Crippen LogP contribution in [0.5, 0.6) is 0 Å². The lowest BCUT2D eigenvalue weighted by atomic mass is 10.4. The predicted octanol–water partition coefficient (Wildman–Crippen LogP) is 1.06. The van der Waals surface area contributed by atoms with Gasteiger partial charge in [-0.3, -0.25) is 0 Å². The van der Waals surface area contributed by atoms with Crippen LogP contribution in [-0.4, -0.2) is 11.7 Å². The first kappa shape index (κ1) is 6.00. The summed E-state index contributed by atoms with van der Waals surface area (Å²) in [4.78, 5) is 4.16. The first-order valence-electron chi connectivity index (χ1n) is 3.05. The minimum absolute atomic E-state index is 0.809. The van der Waals surface area contributed by atoms with Gasteiger partial charge in [-0.2, -0.15) is 0 Å². The van der Waals surface area contributed by atoms with Gasteiger partial charge < -0.3 is 5.32 Å². The van der Waals surface area contributed by atoms with Gasteiger partial charge in [-0.15, -0.1) is 0 Å². The highest BCUT2D eigenvalue weighted by Gasteiger charge is 2.06. The van der Waals surface area contributed by atoms with Crippen molar-refractivity contribution in [2.24, 2.45) is 0 Å². The van der Waals surface area contributed by atoms with Crippen LogP contribution < -0.4 is 10.0 Å². The molecule has 2 heterocycles. The highest BCUT2D eigenvalue weighted by molar-refractivity contribution is 7.97. The maximum atomic E-state index is 4.16. The number of aromatic nitrogens is 1. The Morgan fingerprint density at radius 3 is 3.50 bits per heavy atom. The van der Waals surface area contributed by atoms with Crippen molar-refractivity contribution in [2.45, 2.75) is 5.03 Å². The molecule has 1 aromatic rings. The van der Waals surface area contributed by atoms with E-state index in [2.05, 4.69) is 15.0 Å². The first-order chi connectivity index (χ1) is 4.97. The molecular weight excluding hydrogens is 146 g/mol. The van der Waals surface area contributed by atoms with Gasteiger partial charge in [0.15, 0.2) is 0 Å². The Morgan fingerprint density at radius 1 is 1.60 bits per heavy atom. The SMILES string of the molecule is c1cnc2c(c1)NCNS2. The summed E-state index contributed by atoms with van der Waals surface area (Å²) in [6.45, 7) is 0.809. The first-order valence-corrected chi connectivity index (χ1v) is 3.87. The molecule has 0 amide bonds. The number of pyridine rings is 1. The molecule has 4 heteroatoms. The van der Waals surface area contributed by atoms with Gasteiger partial charge in [0.2, 0.25) is 0 Å². The van der Waals surface area contributed by atoms with E-state index in [1.165, 1.54) is 0 Å². The second kappa shape index (κ2) is 2.48. The van der Waals surface area contributed by atoms with Crippen LogP contribution in [0.25, 0.3) is 0 Å². The van der Waals surface area contributed by atoms with Crippen molar-refractivity contribution in [1.29, 1.82) is 0 Å². The van der Waals surface area contributed by atoms with Crippen LogP contribution in [0, 0.1) is 0 Å². The average molecular weight is 153 g/mol. The van der Waals surface area contributed by atoms with Crippen LogP contribution >= 0.6 is 11.9 Å². The summed E-state index contributed by atoms with van der Waals surface area (Å²) in [6.07, 6.45) is 1.79. The van der Waals surface area contributed by atoms with Crippen LogP contribution in [0.1, 0.15) is 0 Å². The number of fused-ring (bicyclic) bond motifs is 1. The second-order valence-electron chi connectivity index (χ2n) is 1.96. The highest BCUT2D eigenvalue weighted by atomic mass is 32.2. The van der Waals surface area contributed by atoms with Crippen molar-refractivity contribution >= 4 is 17.6 Å². The molecule has 0 saturated heterocycles. The lowest BCUT2D eigenvalue weighted by molar-refractivity contribution is 0.973. The number of hydrogen-bond donors (Lipinski definition) is 2. The topological polar surface area (TPSA) is 37.0 Å². The van der Waals surface area contributed by atoms with E-state index >= 15 is 0 Å². The third-order valence-corrected chi connectivity index (χ3v) is 2.10. The number of nitrogens with zero attached hydrogens (tertiary/aromatic N) is 1. The maximum Gasteiger partial charge on any atom is 0.134 e. The molecule has 0 spiro atoms. The number of anilines is 1. The maximum absolute atomic E-state index is 4.16. The van der Waals surface area contributed by atoms with Crippen LogP contribution in [0.3, 0.4) is 0 Å². The van der Waals surface area contributed by atoms with Crippen LogP contribution in [0.15, 0.2) is 23.4 Å². The monoisotopic (exact) mass is 153 g/mol. The minimum Gasteiger partial charge on any atom is -0.370 e. The lowest BCUT2D eigenvalue weighted by Crippen LogP contribution is -2.20. The summed E-state index contributed by atoms with van der Waals surface area (Å²) in [5.41, 5.74) is 1.12. The summed E-state index contributed by atoms with van der Waals surface area (Å²) in [5, 5.41) is 4.19. The number of nitrogens with one attached hydrogen (secondary N) is 2. The molecule has 0 unspecified atom stereocenters. The largest absolute Gasteiger partial charge is 0.370 e. The molecule has 1 aromatic heterocycles. The average Bonchev–Trinajstić information content (AvgIpc) is 2.05. The van der Waals surface area contributed by atoms with Gasteiger partial charge in [0.1, 0.15) is 5.03 Å². The third kappa shape index (κ3) is 0.955. The zero-order chi connectivity index (χ0) is 6.81. The molecule has 0 bridgehead atoms. The standard InChI is InChI=1S/C6H7N3S/c1-2-5-6(7-3-1)10-9-4-8-5/h1-3,8-9H,4H2. The van der Waals surface area contributed by atoms with Crippen LogP contribution in [0.2, 0.25) is 0 Å². The molecule has 1 aliphatic rings. The van der Waals surface area contributed by atoms with E-state index in [0.717, 1.165) is 17.4 Å². The summed E-state index contributed by atoms with van der Waals surface area (Å²) < 4.78 is 3.08. The molecule has 52 valence electrons. The third-order valence-electron chi connectivity index (χ3n) is 1.29. The molecule has 0 aromatic carbocycles. The Kier molecular flexibility index (Phi) is 1.49. The summed E-state index contributed by atoms with van der Waals surface area (Å²) >= 11 is 1.57. The fourth-order valence-electron chi connectivity index (χ4n) is 0.842. The van der Waals surface area contributed by atoms with Crippen molar-refractivity contribution in [2.75, 3.05) is 12.0 Å². The Labute approximate surface area is 63.4 Å².